The van der Waals surface area contributed by atoms with Gasteiger partial charge in [0.15, 0.2) is 5.58 Å². The van der Waals surface area contributed by atoms with Crippen molar-refractivity contribution < 1.29 is 4.42 Å². The molecule has 0 aliphatic carbocycles. The summed E-state index contributed by atoms with van der Waals surface area (Å²) >= 11 is 0. The molecule has 0 spiro atoms. The highest BCUT2D eigenvalue weighted by Crippen LogP contribution is 2.30. The van der Waals surface area contributed by atoms with Crippen LogP contribution in [-0.2, 0) is 0 Å². The molecule has 0 bridgehead atoms. The van der Waals surface area contributed by atoms with Crippen molar-refractivity contribution in [3.63, 3.8) is 0 Å². The first-order valence-electron chi connectivity index (χ1n) is 7.27. The third kappa shape index (κ3) is 3.68. The van der Waals surface area contributed by atoms with Crippen LogP contribution in [0.1, 0.15) is 5.56 Å². The zero-order valence-electron chi connectivity index (χ0n) is 13.0. The van der Waals surface area contributed by atoms with E-state index in [1.54, 1.807) is 0 Å². The van der Waals surface area contributed by atoms with Gasteiger partial charge in [0.25, 0.3) is 0 Å². The molecule has 1 nitrogen and oxygen atoms in total. The number of terminal acetylenes is 1. The number of rotatable bonds is 0. The molecule has 0 saturated carbocycles. The molecule has 2 aromatic carbocycles. The molecule has 3 aromatic rings. The zero-order valence-corrected chi connectivity index (χ0v) is 13.0. The highest BCUT2D eigenvalue weighted by atomic mass is 16.3. The normalized spacial score (nSPS) is 7.96. The first kappa shape index (κ1) is 15.5. The van der Waals surface area contributed by atoms with Gasteiger partial charge in [0.05, 0.1) is 5.56 Å². The van der Waals surface area contributed by atoms with Crippen molar-refractivity contribution in [2.75, 3.05) is 0 Å². The minimum absolute atomic E-state index is 0.766. The summed E-state index contributed by atoms with van der Waals surface area (Å²) in [6.45, 7) is 0. The largest absolute Gasteiger partial charge is 0.455 e. The van der Waals surface area contributed by atoms with Crippen molar-refractivity contribution in [2.24, 2.45) is 0 Å². The number of para-hydroxylation sites is 2. The van der Waals surface area contributed by atoms with Gasteiger partial charge >= 0.3 is 0 Å². The van der Waals surface area contributed by atoms with Crippen molar-refractivity contribution in [3.05, 3.63) is 48.0 Å². The quantitative estimate of drug-likeness (QED) is 0.578. The number of hydrogen-bond donors (Lipinski definition) is 0. The molecule has 0 amide bonds. The monoisotopic (exact) mass is 312 g/mol. The van der Waals surface area contributed by atoms with Gasteiger partial charge in [-0.3, -0.25) is 0 Å². The maximum absolute atomic E-state index is 5.90. The molecule has 0 aliphatic rings. The molecule has 0 fully saturated rings. The van der Waals surface area contributed by atoms with E-state index in [0.717, 1.165) is 27.5 Å². The van der Waals surface area contributed by atoms with Crippen molar-refractivity contribution >= 4 is 21.9 Å². The summed E-state index contributed by atoms with van der Waals surface area (Å²) in [7, 11) is 0. The molecule has 1 heteroatoms. The summed E-state index contributed by atoms with van der Waals surface area (Å²) in [5, 5.41) is 2.11. The fraction of sp³-hybridized carbons (Fsp3) is 0. The Morgan fingerprint density at radius 2 is 1.28 bits per heavy atom. The SMILES string of the molecule is C#CC#CC#CC#CC#CC#Cc1cccc2c1oc1ccccc12. The van der Waals surface area contributed by atoms with E-state index in [1.807, 2.05) is 42.5 Å². The molecule has 0 N–H and O–H groups in total. The maximum Gasteiger partial charge on any atom is 0.151 e. The third-order valence-electron chi connectivity index (χ3n) is 3.17. The third-order valence-corrected chi connectivity index (χ3v) is 3.17. The van der Waals surface area contributed by atoms with E-state index in [-0.39, 0.29) is 0 Å². The van der Waals surface area contributed by atoms with E-state index in [9.17, 15) is 0 Å². The molecule has 1 aromatic heterocycles. The number of furan rings is 1. The lowest BCUT2D eigenvalue weighted by Crippen LogP contribution is -1.74. The molecule has 1 heterocycles. The van der Waals surface area contributed by atoms with Gasteiger partial charge in [0.1, 0.15) is 5.58 Å². The molecule has 0 radical (unpaired) electrons. The second kappa shape index (κ2) is 7.74. The molecule has 110 valence electrons. The second-order valence-corrected chi connectivity index (χ2v) is 4.67. The Morgan fingerprint density at radius 3 is 2.04 bits per heavy atom. The topological polar surface area (TPSA) is 13.1 Å². The fourth-order valence-corrected chi connectivity index (χ4v) is 2.20. The van der Waals surface area contributed by atoms with Crippen LogP contribution in [0.3, 0.4) is 0 Å². The van der Waals surface area contributed by atoms with Gasteiger partial charge in [-0.1, -0.05) is 30.3 Å². The Kier molecular flexibility index (Phi) is 4.80. The van der Waals surface area contributed by atoms with Crippen molar-refractivity contribution in [1.82, 2.24) is 0 Å². The van der Waals surface area contributed by atoms with E-state index in [4.69, 9.17) is 10.8 Å². The minimum Gasteiger partial charge on any atom is -0.455 e. The van der Waals surface area contributed by atoms with Gasteiger partial charge in [-0.05, 0) is 77.3 Å². The number of hydrogen-bond acceptors (Lipinski definition) is 1. The lowest BCUT2D eigenvalue weighted by Gasteiger charge is -1.91. The second-order valence-electron chi connectivity index (χ2n) is 4.67. The molecule has 25 heavy (non-hydrogen) atoms. The number of benzene rings is 2. The van der Waals surface area contributed by atoms with Crippen LogP contribution in [-0.4, -0.2) is 0 Å². The van der Waals surface area contributed by atoms with Crippen molar-refractivity contribution in [3.8, 4) is 71.5 Å². The minimum atomic E-state index is 0.766. The molecule has 0 unspecified atom stereocenters. The van der Waals surface area contributed by atoms with Gasteiger partial charge < -0.3 is 4.42 Å². The molecule has 0 saturated heterocycles. The van der Waals surface area contributed by atoms with Crippen LogP contribution in [0.25, 0.3) is 21.9 Å². The number of fused-ring (bicyclic) bond motifs is 3. The highest BCUT2D eigenvalue weighted by molar-refractivity contribution is 6.06. The Hall–Kier alpha value is -4.40. The molecular weight excluding hydrogens is 304 g/mol. The van der Waals surface area contributed by atoms with Crippen LogP contribution in [0.15, 0.2) is 46.9 Å². The smallest absolute Gasteiger partial charge is 0.151 e. The van der Waals surface area contributed by atoms with Gasteiger partial charge in [-0.15, -0.1) is 6.42 Å². The Balaban J connectivity index is 1.85. The Morgan fingerprint density at radius 1 is 0.640 bits per heavy atom. The predicted octanol–water partition coefficient (Wildman–Crippen LogP) is 3.58. The van der Waals surface area contributed by atoms with Gasteiger partial charge in [-0.25, -0.2) is 0 Å². The summed E-state index contributed by atoms with van der Waals surface area (Å²) in [5.41, 5.74) is 2.40. The molecule has 0 atom stereocenters. The highest BCUT2D eigenvalue weighted by Gasteiger charge is 2.08. The van der Waals surface area contributed by atoms with E-state index >= 15 is 0 Å². The first-order chi connectivity index (χ1) is 12.4. The maximum atomic E-state index is 5.90. The van der Waals surface area contributed by atoms with Crippen LogP contribution in [0.4, 0.5) is 0 Å². The summed E-state index contributed by atoms with van der Waals surface area (Å²) in [4.78, 5) is 0. The first-order valence-corrected chi connectivity index (χ1v) is 7.27. The summed E-state index contributed by atoms with van der Waals surface area (Å²) < 4.78 is 5.90. The van der Waals surface area contributed by atoms with Crippen LogP contribution in [0.5, 0.6) is 0 Å². The van der Waals surface area contributed by atoms with Crippen LogP contribution in [0, 0.1) is 71.5 Å². The van der Waals surface area contributed by atoms with Crippen molar-refractivity contribution in [2.45, 2.75) is 0 Å². The summed E-state index contributed by atoms with van der Waals surface area (Å²) in [6.07, 6.45) is 4.96. The molecular formula is C24H8O. The van der Waals surface area contributed by atoms with E-state index in [0.29, 0.717) is 0 Å². The van der Waals surface area contributed by atoms with E-state index in [2.05, 4.69) is 65.1 Å². The van der Waals surface area contributed by atoms with Crippen LogP contribution < -0.4 is 0 Å². The Bertz CT molecular complexity index is 1320. The lowest BCUT2D eigenvalue weighted by molar-refractivity contribution is 0.668. The lowest BCUT2D eigenvalue weighted by atomic mass is 10.1. The summed E-state index contributed by atoms with van der Waals surface area (Å²) in [5.74, 6) is 28.2. The van der Waals surface area contributed by atoms with Crippen LogP contribution in [0.2, 0.25) is 0 Å². The van der Waals surface area contributed by atoms with E-state index < -0.39 is 0 Å². The summed E-state index contributed by atoms with van der Waals surface area (Å²) in [6, 6.07) is 13.8. The van der Waals surface area contributed by atoms with Crippen LogP contribution >= 0.6 is 0 Å². The fourth-order valence-electron chi connectivity index (χ4n) is 2.20. The average molecular weight is 312 g/mol. The van der Waals surface area contributed by atoms with Gasteiger partial charge in [0, 0.05) is 10.8 Å². The predicted molar refractivity (Wildman–Crippen MR) is 101 cm³/mol. The zero-order chi connectivity index (χ0) is 17.3. The molecule has 3 rings (SSSR count). The average Bonchev–Trinajstić information content (AvgIpc) is 3.03. The van der Waals surface area contributed by atoms with Crippen molar-refractivity contribution in [1.29, 1.82) is 0 Å². The van der Waals surface area contributed by atoms with Gasteiger partial charge in [-0.2, -0.15) is 0 Å². The van der Waals surface area contributed by atoms with Gasteiger partial charge in [0.2, 0.25) is 0 Å². The van der Waals surface area contributed by atoms with E-state index in [1.165, 1.54) is 0 Å². The Labute approximate surface area is 146 Å². The standard InChI is InChI=1S/C24H8O/c1-2-3-4-5-6-7-8-9-10-11-15-20-16-14-18-22-21-17-12-13-19-23(21)25-24(20)22/h1,12-14,16-19H. The molecule has 0 aliphatic heterocycles.